The van der Waals surface area contributed by atoms with Gasteiger partial charge in [-0.15, -0.1) is 0 Å². The van der Waals surface area contributed by atoms with Gasteiger partial charge in [-0.05, 0) is 19.8 Å². The molecule has 7 heteroatoms. The zero-order chi connectivity index (χ0) is 13.3. The Labute approximate surface area is 104 Å². The summed E-state index contributed by atoms with van der Waals surface area (Å²) in [6, 6.07) is 0.861. The minimum Gasteiger partial charge on any atom is -0.475 e. The van der Waals surface area contributed by atoms with E-state index in [1.165, 1.54) is 6.92 Å². The Bertz CT molecular complexity index is 591. The summed E-state index contributed by atoms with van der Waals surface area (Å²) in [6.07, 6.45) is 5.08. The van der Waals surface area contributed by atoms with E-state index in [0.717, 1.165) is 6.07 Å². The zero-order valence-corrected chi connectivity index (χ0v) is 10.5. The molecule has 0 atom stereocenters. The summed E-state index contributed by atoms with van der Waals surface area (Å²) in [5.41, 5.74) is 0. The molecule has 0 amide bonds. The van der Waals surface area contributed by atoms with Crippen LogP contribution in [0.3, 0.4) is 0 Å². The van der Waals surface area contributed by atoms with E-state index in [9.17, 15) is 13.2 Å². The van der Waals surface area contributed by atoms with E-state index >= 15 is 0 Å². The van der Waals surface area contributed by atoms with Crippen molar-refractivity contribution in [1.29, 1.82) is 0 Å². The molecule has 1 heterocycles. The molecule has 1 aromatic rings. The van der Waals surface area contributed by atoms with Crippen molar-refractivity contribution in [2.75, 3.05) is 0 Å². The highest BCUT2D eigenvalue weighted by atomic mass is 32.2. The van der Waals surface area contributed by atoms with Crippen LogP contribution >= 0.6 is 0 Å². The number of furan rings is 1. The maximum atomic E-state index is 12.1. The van der Waals surface area contributed by atoms with Crippen LogP contribution in [0.2, 0.25) is 0 Å². The molecule has 1 aliphatic rings. The first-order valence-corrected chi connectivity index (χ1v) is 6.89. The van der Waals surface area contributed by atoms with Gasteiger partial charge in [-0.25, -0.2) is 17.9 Å². The lowest BCUT2D eigenvalue weighted by Gasteiger charge is -2.11. The van der Waals surface area contributed by atoms with Crippen molar-refractivity contribution >= 4 is 16.0 Å². The maximum absolute atomic E-state index is 12.1. The van der Waals surface area contributed by atoms with E-state index in [4.69, 9.17) is 9.52 Å². The van der Waals surface area contributed by atoms with Crippen LogP contribution in [0.15, 0.2) is 27.5 Å². The van der Waals surface area contributed by atoms with Crippen molar-refractivity contribution in [2.24, 2.45) is 0 Å². The molecule has 1 aromatic heterocycles. The van der Waals surface area contributed by atoms with Crippen molar-refractivity contribution in [1.82, 2.24) is 4.72 Å². The molecule has 18 heavy (non-hydrogen) atoms. The van der Waals surface area contributed by atoms with Gasteiger partial charge in [0.15, 0.2) is 0 Å². The molecule has 0 aromatic carbocycles. The molecule has 0 spiro atoms. The standard InChI is InChI=1S/C11H13NO5S/c1-7-10(6-9(17-7)11(13)14)18(15,16)12-8-4-2-3-5-8/h2-3,6,8,12H,4-5H2,1H3,(H,13,14). The minimum atomic E-state index is -3.73. The third-order valence-corrected chi connectivity index (χ3v) is 4.33. The van der Waals surface area contributed by atoms with Crippen molar-refractivity contribution in [3.8, 4) is 0 Å². The van der Waals surface area contributed by atoms with Crippen LogP contribution in [0.25, 0.3) is 0 Å². The van der Waals surface area contributed by atoms with Gasteiger partial charge in [0.2, 0.25) is 15.8 Å². The van der Waals surface area contributed by atoms with Crippen LogP contribution in [0.5, 0.6) is 0 Å². The van der Waals surface area contributed by atoms with Crippen LogP contribution in [0, 0.1) is 6.92 Å². The van der Waals surface area contributed by atoms with Crippen LogP contribution in [0.4, 0.5) is 0 Å². The van der Waals surface area contributed by atoms with E-state index in [1.54, 1.807) is 0 Å². The quantitative estimate of drug-likeness (QED) is 0.804. The van der Waals surface area contributed by atoms with Crippen molar-refractivity contribution in [3.05, 3.63) is 29.7 Å². The average molecular weight is 271 g/mol. The molecule has 6 nitrogen and oxygen atoms in total. The van der Waals surface area contributed by atoms with Gasteiger partial charge in [-0.2, -0.15) is 0 Å². The normalized spacial score (nSPS) is 16.3. The van der Waals surface area contributed by atoms with Crippen LogP contribution in [0.1, 0.15) is 29.2 Å². The van der Waals surface area contributed by atoms with Gasteiger partial charge in [0.05, 0.1) is 0 Å². The Morgan fingerprint density at radius 1 is 1.44 bits per heavy atom. The van der Waals surface area contributed by atoms with Gasteiger partial charge in [0.25, 0.3) is 0 Å². The Hall–Kier alpha value is -1.60. The first-order valence-electron chi connectivity index (χ1n) is 5.41. The average Bonchev–Trinajstić information content (AvgIpc) is 2.86. The fraction of sp³-hybridized carbons (Fsp3) is 0.364. The van der Waals surface area contributed by atoms with Crippen molar-refractivity contribution in [2.45, 2.75) is 30.7 Å². The van der Waals surface area contributed by atoms with Gasteiger partial charge in [0, 0.05) is 12.1 Å². The number of carbonyl (C=O) groups is 1. The predicted molar refractivity (Wildman–Crippen MR) is 62.9 cm³/mol. The third kappa shape index (κ3) is 2.46. The molecule has 0 saturated heterocycles. The summed E-state index contributed by atoms with van der Waals surface area (Å²) < 4.78 is 31.5. The highest BCUT2D eigenvalue weighted by molar-refractivity contribution is 7.89. The number of aromatic carboxylic acids is 1. The van der Waals surface area contributed by atoms with E-state index in [1.807, 2.05) is 12.2 Å². The molecular weight excluding hydrogens is 258 g/mol. The Balaban J connectivity index is 2.26. The van der Waals surface area contributed by atoms with Gasteiger partial charge < -0.3 is 9.52 Å². The summed E-state index contributed by atoms with van der Waals surface area (Å²) in [6.45, 7) is 1.42. The van der Waals surface area contributed by atoms with Gasteiger partial charge in [-0.3, -0.25) is 0 Å². The van der Waals surface area contributed by atoms with Crippen molar-refractivity contribution < 1.29 is 22.7 Å². The number of rotatable bonds is 4. The molecule has 2 N–H and O–H groups in total. The molecule has 0 unspecified atom stereocenters. The summed E-state index contributed by atoms with van der Waals surface area (Å²) in [5, 5.41) is 8.75. The Morgan fingerprint density at radius 3 is 2.56 bits per heavy atom. The van der Waals surface area contributed by atoms with Crippen molar-refractivity contribution in [3.63, 3.8) is 0 Å². The highest BCUT2D eigenvalue weighted by Gasteiger charge is 2.26. The van der Waals surface area contributed by atoms with E-state index in [0.29, 0.717) is 12.8 Å². The number of carboxylic acids is 1. The van der Waals surface area contributed by atoms with E-state index in [-0.39, 0.29) is 22.5 Å². The zero-order valence-electron chi connectivity index (χ0n) is 9.71. The topological polar surface area (TPSA) is 96.6 Å². The highest BCUT2D eigenvalue weighted by Crippen LogP contribution is 2.21. The molecule has 0 saturated carbocycles. The van der Waals surface area contributed by atoms with Crippen LogP contribution in [-0.4, -0.2) is 25.5 Å². The van der Waals surface area contributed by atoms with Gasteiger partial charge in [-0.1, -0.05) is 12.2 Å². The fourth-order valence-electron chi connectivity index (χ4n) is 1.83. The number of hydrogen-bond donors (Lipinski definition) is 2. The first-order chi connectivity index (χ1) is 8.40. The number of hydrogen-bond acceptors (Lipinski definition) is 4. The third-order valence-electron chi connectivity index (χ3n) is 2.70. The largest absolute Gasteiger partial charge is 0.475 e. The summed E-state index contributed by atoms with van der Waals surface area (Å²) in [5.74, 6) is -1.59. The monoisotopic (exact) mass is 271 g/mol. The summed E-state index contributed by atoms with van der Waals surface area (Å²) >= 11 is 0. The molecule has 98 valence electrons. The smallest absolute Gasteiger partial charge is 0.371 e. The van der Waals surface area contributed by atoms with Crippen LogP contribution in [-0.2, 0) is 10.0 Å². The lowest BCUT2D eigenvalue weighted by molar-refractivity contribution is 0.0661. The predicted octanol–water partition coefficient (Wildman–Crippen LogP) is 1.28. The van der Waals surface area contributed by atoms with Crippen LogP contribution < -0.4 is 4.72 Å². The Kier molecular flexibility index (Phi) is 3.27. The lowest BCUT2D eigenvalue weighted by atomic mass is 10.3. The second-order valence-corrected chi connectivity index (χ2v) is 5.78. The van der Waals surface area contributed by atoms with E-state index < -0.39 is 16.0 Å². The molecule has 2 rings (SSSR count). The number of carboxylic acid groups (broad SMARTS) is 1. The number of sulfonamides is 1. The minimum absolute atomic E-state index is 0.0749. The fourth-order valence-corrected chi connectivity index (χ4v) is 3.27. The molecule has 0 aliphatic heterocycles. The van der Waals surface area contributed by atoms with Gasteiger partial charge >= 0.3 is 5.97 Å². The molecule has 0 bridgehead atoms. The second-order valence-electron chi connectivity index (χ2n) is 4.10. The summed E-state index contributed by atoms with van der Waals surface area (Å²) in [7, 11) is -3.73. The van der Waals surface area contributed by atoms with E-state index in [2.05, 4.69) is 4.72 Å². The first kappa shape index (κ1) is 12.8. The Morgan fingerprint density at radius 2 is 2.06 bits per heavy atom. The van der Waals surface area contributed by atoms with Gasteiger partial charge in [0.1, 0.15) is 10.7 Å². The number of aryl methyl sites for hydroxylation is 1. The lowest BCUT2D eigenvalue weighted by Crippen LogP contribution is -2.33. The SMILES string of the molecule is Cc1oc(C(=O)O)cc1S(=O)(=O)NC1CC=CC1. The molecule has 0 radical (unpaired) electrons. The summed E-state index contributed by atoms with van der Waals surface area (Å²) in [4.78, 5) is 10.6. The second kappa shape index (κ2) is 4.58. The number of nitrogens with one attached hydrogen (secondary N) is 1. The molecule has 1 aliphatic carbocycles. The maximum Gasteiger partial charge on any atom is 0.371 e. The molecule has 0 fully saturated rings. The molecular formula is C11H13NO5S.